The minimum Gasteiger partial charge on any atom is -0.359 e. The van der Waals surface area contributed by atoms with E-state index < -0.39 is 29.6 Å². The molecule has 204 valence electrons. The molecule has 3 heterocycles. The summed E-state index contributed by atoms with van der Waals surface area (Å²) >= 11 is 6.10. The van der Waals surface area contributed by atoms with E-state index in [2.05, 4.69) is 17.6 Å². The number of hydrogen-bond acceptors (Lipinski definition) is 4. The van der Waals surface area contributed by atoms with E-state index in [9.17, 15) is 14.4 Å². The van der Waals surface area contributed by atoms with E-state index in [0.29, 0.717) is 16.6 Å². The number of fused-ring (bicyclic) bond motifs is 1. The first kappa shape index (κ1) is 26.1. The van der Waals surface area contributed by atoms with Gasteiger partial charge in [0.1, 0.15) is 11.6 Å². The molecule has 4 aliphatic rings. The predicted octanol–water partition coefficient (Wildman–Crippen LogP) is 4.63. The highest BCUT2D eigenvalue weighted by molar-refractivity contribution is 6.30. The molecule has 2 aromatic carbocycles. The number of carbonyl (C=O) groups is 3. The van der Waals surface area contributed by atoms with Crippen LogP contribution in [0.1, 0.15) is 43.7 Å². The Morgan fingerprint density at radius 3 is 2.62 bits per heavy atom. The second-order valence-electron chi connectivity index (χ2n) is 11.5. The molecule has 1 spiro atoms. The second kappa shape index (κ2) is 10.1. The Balaban J connectivity index is 1.33. The number of amides is 3. The first-order valence-corrected chi connectivity index (χ1v) is 14.2. The van der Waals surface area contributed by atoms with Crippen molar-refractivity contribution in [2.24, 2.45) is 17.8 Å². The molecule has 7 nitrogen and oxygen atoms in total. The molecule has 2 aromatic rings. The van der Waals surface area contributed by atoms with Crippen LogP contribution in [0.2, 0.25) is 5.02 Å². The normalized spacial score (nSPS) is 32.8. The van der Waals surface area contributed by atoms with Crippen LogP contribution >= 0.6 is 11.6 Å². The molecule has 3 fully saturated rings. The zero-order valence-corrected chi connectivity index (χ0v) is 23.0. The van der Waals surface area contributed by atoms with Gasteiger partial charge >= 0.3 is 0 Å². The SMILES string of the molecule is Cc1cccc(NC(=O)[C@H]2[C@H]3C=C[C@@]4(O3)[C@H]2C(=O)N(Cc2ccc(Cl)cc2)[C@@H]4C(=O)N[C@@H]2CCCC[C@H]2C)c1. The molecule has 8 heteroatoms. The summed E-state index contributed by atoms with van der Waals surface area (Å²) in [6, 6.07) is 14.0. The largest absolute Gasteiger partial charge is 0.359 e. The molecule has 3 amide bonds. The van der Waals surface area contributed by atoms with Crippen molar-refractivity contribution in [1.82, 2.24) is 10.2 Å². The third-order valence-electron chi connectivity index (χ3n) is 8.92. The summed E-state index contributed by atoms with van der Waals surface area (Å²) in [6.45, 7) is 4.35. The average Bonchev–Trinajstić information content (AvgIpc) is 3.54. The second-order valence-corrected chi connectivity index (χ2v) is 12.0. The van der Waals surface area contributed by atoms with Gasteiger partial charge in [0.2, 0.25) is 17.7 Å². The molecular weight excluding hydrogens is 514 g/mol. The van der Waals surface area contributed by atoms with Gasteiger partial charge in [0, 0.05) is 23.3 Å². The third kappa shape index (κ3) is 4.55. The predicted molar refractivity (Wildman–Crippen MR) is 149 cm³/mol. The van der Waals surface area contributed by atoms with Crippen LogP contribution in [0.25, 0.3) is 0 Å². The molecule has 3 aliphatic heterocycles. The van der Waals surface area contributed by atoms with Crippen LogP contribution in [-0.4, -0.2) is 46.4 Å². The van der Waals surface area contributed by atoms with Gasteiger partial charge in [-0.1, -0.05) is 67.8 Å². The lowest BCUT2D eigenvalue weighted by atomic mass is 9.74. The number of halogens is 1. The van der Waals surface area contributed by atoms with Crippen molar-refractivity contribution in [1.29, 1.82) is 0 Å². The third-order valence-corrected chi connectivity index (χ3v) is 9.17. The highest BCUT2D eigenvalue weighted by Gasteiger charge is 2.72. The van der Waals surface area contributed by atoms with E-state index in [-0.39, 0.29) is 30.3 Å². The Hall–Kier alpha value is -3.16. The summed E-state index contributed by atoms with van der Waals surface area (Å²) in [7, 11) is 0. The van der Waals surface area contributed by atoms with E-state index in [1.54, 1.807) is 17.0 Å². The number of aryl methyl sites for hydroxylation is 1. The van der Waals surface area contributed by atoms with E-state index in [4.69, 9.17) is 16.3 Å². The summed E-state index contributed by atoms with van der Waals surface area (Å²) in [6.07, 6.45) is 7.35. The number of hydrogen-bond donors (Lipinski definition) is 2. The molecule has 2 bridgehead atoms. The molecule has 1 aliphatic carbocycles. The molecule has 0 unspecified atom stereocenters. The van der Waals surface area contributed by atoms with Gasteiger partial charge in [-0.05, 0) is 61.1 Å². The summed E-state index contributed by atoms with van der Waals surface area (Å²) in [5, 5.41) is 6.85. The number of carbonyl (C=O) groups excluding carboxylic acids is 3. The van der Waals surface area contributed by atoms with Gasteiger partial charge in [0.25, 0.3) is 0 Å². The Morgan fingerprint density at radius 2 is 1.87 bits per heavy atom. The van der Waals surface area contributed by atoms with E-state index in [0.717, 1.165) is 36.8 Å². The van der Waals surface area contributed by atoms with Crippen LogP contribution < -0.4 is 10.6 Å². The van der Waals surface area contributed by atoms with Gasteiger partial charge in [-0.25, -0.2) is 0 Å². The van der Waals surface area contributed by atoms with Crippen molar-refractivity contribution >= 4 is 35.0 Å². The maximum Gasteiger partial charge on any atom is 0.246 e. The fourth-order valence-corrected chi connectivity index (χ4v) is 7.09. The molecule has 7 atom stereocenters. The lowest BCUT2D eigenvalue weighted by Crippen LogP contribution is -2.57. The number of anilines is 1. The van der Waals surface area contributed by atoms with Gasteiger partial charge in [-0.3, -0.25) is 14.4 Å². The number of ether oxygens (including phenoxy) is 1. The maximum absolute atomic E-state index is 14.2. The van der Waals surface area contributed by atoms with Crippen molar-refractivity contribution < 1.29 is 19.1 Å². The van der Waals surface area contributed by atoms with Crippen LogP contribution in [0.3, 0.4) is 0 Å². The summed E-state index contributed by atoms with van der Waals surface area (Å²) < 4.78 is 6.47. The molecule has 6 rings (SSSR count). The minimum atomic E-state index is -1.19. The van der Waals surface area contributed by atoms with Crippen molar-refractivity contribution in [2.75, 3.05) is 5.32 Å². The molecular formula is C31H34ClN3O4. The molecule has 39 heavy (non-hydrogen) atoms. The first-order valence-electron chi connectivity index (χ1n) is 13.9. The fraction of sp³-hybridized carbons (Fsp3) is 0.452. The van der Waals surface area contributed by atoms with Crippen LogP contribution in [0.4, 0.5) is 5.69 Å². The standard InChI is InChI=1S/C31H34ClN3O4/c1-18-6-5-8-22(16-18)33-28(36)25-24-14-15-31(39-24)26(25)30(38)35(17-20-10-12-21(32)13-11-20)27(31)29(37)34-23-9-4-3-7-19(23)2/h5-6,8,10-16,19,23-27H,3-4,7,9,17H2,1-2H3,(H,33,36)(H,34,37)/t19-,23-,24-,25+,26-,27-,31-/m1/s1. The molecule has 0 radical (unpaired) electrons. The highest BCUT2D eigenvalue weighted by Crippen LogP contribution is 2.55. The molecule has 1 saturated carbocycles. The molecule has 0 aromatic heterocycles. The van der Waals surface area contributed by atoms with Gasteiger partial charge < -0.3 is 20.3 Å². The zero-order chi connectivity index (χ0) is 27.3. The van der Waals surface area contributed by atoms with Gasteiger partial charge in [-0.2, -0.15) is 0 Å². The lowest BCUT2D eigenvalue weighted by Gasteiger charge is -2.36. The highest BCUT2D eigenvalue weighted by atomic mass is 35.5. The van der Waals surface area contributed by atoms with E-state index in [1.807, 2.05) is 55.5 Å². The Labute approximate surface area is 233 Å². The Morgan fingerprint density at radius 1 is 1.10 bits per heavy atom. The van der Waals surface area contributed by atoms with Crippen LogP contribution in [0, 0.1) is 24.7 Å². The number of rotatable bonds is 6. The van der Waals surface area contributed by atoms with Crippen molar-refractivity contribution in [3.63, 3.8) is 0 Å². The number of benzene rings is 2. The van der Waals surface area contributed by atoms with Crippen molar-refractivity contribution in [2.45, 2.75) is 69.9 Å². The van der Waals surface area contributed by atoms with Crippen LogP contribution in [-0.2, 0) is 25.7 Å². The Kier molecular flexibility index (Phi) is 6.76. The van der Waals surface area contributed by atoms with Gasteiger partial charge in [0.15, 0.2) is 0 Å². The minimum absolute atomic E-state index is 0.0529. The molecule has 2 saturated heterocycles. The summed E-state index contributed by atoms with van der Waals surface area (Å²) in [5.74, 6) is -1.89. The Bertz CT molecular complexity index is 1330. The topological polar surface area (TPSA) is 87.7 Å². The average molecular weight is 548 g/mol. The van der Waals surface area contributed by atoms with Crippen molar-refractivity contribution in [3.05, 3.63) is 76.8 Å². The molecule has 2 N–H and O–H groups in total. The quantitative estimate of drug-likeness (QED) is 0.516. The van der Waals surface area contributed by atoms with Gasteiger partial charge in [-0.15, -0.1) is 0 Å². The van der Waals surface area contributed by atoms with E-state index >= 15 is 0 Å². The number of likely N-dealkylation sites (tertiary alicyclic amines) is 1. The van der Waals surface area contributed by atoms with Crippen molar-refractivity contribution in [3.8, 4) is 0 Å². The lowest BCUT2D eigenvalue weighted by molar-refractivity contribution is -0.142. The summed E-state index contributed by atoms with van der Waals surface area (Å²) in [5.41, 5.74) is 1.36. The number of nitrogens with zero attached hydrogens (tertiary/aromatic N) is 1. The zero-order valence-electron chi connectivity index (χ0n) is 22.2. The number of nitrogens with one attached hydrogen (secondary N) is 2. The van der Waals surface area contributed by atoms with E-state index in [1.165, 1.54) is 0 Å². The maximum atomic E-state index is 14.2. The monoisotopic (exact) mass is 547 g/mol. The summed E-state index contributed by atoms with van der Waals surface area (Å²) in [4.78, 5) is 43.4. The first-order chi connectivity index (χ1) is 18.8. The van der Waals surface area contributed by atoms with Gasteiger partial charge in [0.05, 0.1) is 17.9 Å². The van der Waals surface area contributed by atoms with Crippen LogP contribution in [0.5, 0.6) is 0 Å². The fourth-order valence-electron chi connectivity index (χ4n) is 6.97. The van der Waals surface area contributed by atoms with Crippen LogP contribution in [0.15, 0.2) is 60.7 Å². The smallest absolute Gasteiger partial charge is 0.246 e.